The maximum Gasteiger partial charge on any atom is 0.336 e. The van der Waals surface area contributed by atoms with E-state index in [1.807, 2.05) is 26.0 Å². The molecule has 0 radical (unpaired) electrons. The van der Waals surface area contributed by atoms with Crippen molar-refractivity contribution in [3.8, 4) is 11.5 Å². The molecule has 0 unspecified atom stereocenters. The van der Waals surface area contributed by atoms with Crippen molar-refractivity contribution in [3.63, 3.8) is 0 Å². The summed E-state index contributed by atoms with van der Waals surface area (Å²) in [6, 6.07) is 4.21. The number of esters is 1. The summed E-state index contributed by atoms with van der Waals surface area (Å²) in [7, 11) is 4.24. The molecule has 2 aliphatic carbocycles. The minimum Gasteiger partial charge on any atom is -0.475 e. The van der Waals surface area contributed by atoms with Crippen molar-refractivity contribution in [2.75, 3.05) is 14.1 Å². The van der Waals surface area contributed by atoms with E-state index in [1.165, 1.54) is 11.6 Å². The average molecular weight is 410 g/mol. The molecule has 30 heavy (non-hydrogen) atoms. The molecule has 1 aliphatic heterocycles. The molecule has 5 heteroatoms. The van der Waals surface area contributed by atoms with Crippen molar-refractivity contribution < 1.29 is 19.1 Å². The van der Waals surface area contributed by atoms with Gasteiger partial charge in [-0.3, -0.25) is 4.79 Å². The Morgan fingerprint density at radius 1 is 1.33 bits per heavy atom. The van der Waals surface area contributed by atoms with Gasteiger partial charge in [0.1, 0.15) is 0 Å². The molecule has 0 spiro atoms. The molecular formula is C25H31NO4. The summed E-state index contributed by atoms with van der Waals surface area (Å²) in [5, 5.41) is 0. The summed E-state index contributed by atoms with van der Waals surface area (Å²) in [6.45, 7) is 5.99. The molecule has 0 aromatic heterocycles. The van der Waals surface area contributed by atoms with Crippen LogP contribution in [-0.4, -0.2) is 42.4 Å². The van der Waals surface area contributed by atoms with Crippen LogP contribution in [0, 0.1) is 5.92 Å². The molecule has 1 saturated carbocycles. The molecule has 0 amide bonds. The first-order valence-electron chi connectivity index (χ1n) is 10.9. The molecule has 0 bridgehead atoms. The third kappa shape index (κ3) is 2.71. The highest BCUT2D eigenvalue weighted by atomic mass is 16.6. The maximum atomic E-state index is 13.2. The van der Waals surface area contributed by atoms with E-state index in [4.69, 9.17) is 9.47 Å². The van der Waals surface area contributed by atoms with E-state index in [-0.39, 0.29) is 5.78 Å². The van der Waals surface area contributed by atoms with Crippen LogP contribution in [0.1, 0.15) is 51.2 Å². The monoisotopic (exact) mass is 409 g/mol. The predicted octanol–water partition coefficient (Wildman–Crippen LogP) is 3.99. The van der Waals surface area contributed by atoms with Gasteiger partial charge in [-0.15, -0.1) is 0 Å². The van der Waals surface area contributed by atoms with Crippen molar-refractivity contribution in [1.29, 1.82) is 0 Å². The number of benzene rings is 1. The van der Waals surface area contributed by atoms with Crippen molar-refractivity contribution in [1.82, 2.24) is 4.90 Å². The molecule has 160 valence electrons. The van der Waals surface area contributed by atoms with Gasteiger partial charge in [0.25, 0.3) is 0 Å². The van der Waals surface area contributed by atoms with Crippen molar-refractivity contribution >= 4 is 11.8 Å². The molecule has 0 saturated heterocycles. The van der Waals surface area contributed by atoms with Crippen LogP contribution in [-0.2, 0) is 21.4 Å². The van der Waals surface area contributed by atoms with E-state index in [1.54, 1.807) is 12.2 Å². The molecule has 1 aromatic rings. The van der Waals surface area contributed by atoms with Crippen LogP contribution in [0.4, 0.5) is 0 Å². The Hall–Kier alpha value is -2.40. The molecule has 5 nitrogen and oxygen atoms in total. The maximum absolute atomic E-state index is 13.2. The fraction of sp³-hybridized carbons (Fsp3) is 0.520. The van der Waals surface area contributed by atoms with E-state index in [0.29, 0.717) is 29.9 Å². The van der Waals surface area contributed by atoms with Crippen molar-refractivity contribution in [2.45, 2.75) is 63.5 Å². The van der Waals surface area contributed by atoms with Gasteiger partial charge < -0.3 is 14.4 Å². The van der Waals surface area contributed by atoms with Gasteiger partial charge >= 0.3 is 5.97 Å². The highest BCUT2D eigenvalue weighted by molar-refractivity contribution is 5.93. The zero-order valence-corrected chi connectivity index (χ0v) is 18.5. The van der Waals surface area contributed by atoms with Gasteiger partial charge in [-0.25, -0.2) is 4.79 Å². The zero-order chi connectivity index (χ0) is 21.7. The van der Waals surface area contributed by atoms with Crippen molar-refractivity contribution in [2.24, 2.45) is 5.92 Å². The Morgan fingerprint density at radius 2 is 2.10 bits per heavy atom. The van der Waals surface area contributed by atoms with Gasteiger partial charge in [0.15, 0.2) is 22.9 Å². The molecular weight excluding hydrogens is 378 g/mol. The van der Waals surface area contributed by atoms with E-state index in [0.717, 1.165) is 24.8 Å². The molecule has 1 aromatic carbocycles. The quantitative estimate of drug-likeness (QED) is 0.319. The topological polar surface area (TPSA) is 55.8 Å². The number of Topliss-reactive ketones (excluding diaryl/α,β-unsaturated/α-hetero) is 1. The van der Waals surface area contributed by atoms with E-state index in [9.17, 15) is 9.59 Å². The number of carbonyl (C=O) groups is 2. The van der Waals surface area contributed by atoms with Gasteiger partial charge in [0, 0.05) is 24.1 Å². The first-order chi connectivity index (χ1) is 14.3. The lowest BCUT2D eigenvalue weighted by Gasteiger charge is -2.55. The van der Waals surface area contributed by atoms with Gasteiger partial charge in [0.2, 0.25) is 0 Å². The summed E-state index contributed by atoms with van der Waals surface area (Å²) < 4.78 is 12.2. The lowest BCUT2D eigenvalue weighted by atomic mass is 9.49. The lowest BCUT2D eigenvalue weighted by molar-refractivity contribution is -0.148. The third-order valence-corrected chi connectivity index (χ3v) is 7.52. The van der Waals surface area contributed by atoms with Crippen LogP contribution in [0.5, 0.6) is 11.5 Å². The Kier molecular flexibility index (Phi) is 5.13. The van der Waals surface area contributed by atoms with Crippen LogP contribution in [0.3, 0.4) is 0 Å². The largest absolute Gasteiger partial charge is 0.475 e. The van der Waals surface area contributed by atoms with Gasteiger partial charge in [-0.2, -0.15) is 0 Å². The third-order valence-electron chi connectivity index (χ3n) is 7.52. The molecule has 4 rings (SSSR count). The van der Waals surface area contributed by atoms with Crippen LogP contribution < -0.4 is 9.47 Å². The number of hydrogen-bond donors (Lipinski definition) is 0. The molecule has 3 aliphatic rings. The fourth-order valence-corrected chi connectivity index (χ4v) is 6.19. The Balaban J connectivity index is 1.86. The summed E-state index contributed by atoms with van der Waals surface area (Å²) >= 11 is 0. The average Bonchev–Trinajstić information content (AvgIpc) is 3.01. The SMILES string of the molecule is C/C=C/C=C/C(=O)Oc1ccc2c3c1O[C@@]1(C)C(=O)CC[C@@H]([C@H](N(C)C)C2)[C@@]31CC. The number of rotatable bonds is 5. The highest BCUT2D eigenvalue weighted by Crippen LogP contribution is 2.65. The second-order valence-corrected chi connectivity index (χ2v) is 9.00. The lowest BCUT2D eigenvalue weighted by Crippen LogP contribution is -2.66. The first kappa shape index (κ1) is 20.9. The minimum atomic E-state index is -0.931. The Bertz CT molecular complexity index is 947. The van der Waals surface area contributed by atoms with Crippen LogP contribution in [0.2, 0.25) is 0 Å². The summed E-state index contributed by atoms with van der Waals surface area (Å²) in [4.78, 5) is 27.8. The fourth-order valence-electron chi connectivity index (χ4n) is 6.19. The van der Waals surface area contributed by atoms with Gasteiger partial charge in [0.05, 0.1) is 5.41 Å². The summed E-state index contributed by atoms with van der Waals surface area (Å²) in [5.74, 6) is 0.995. The van der Waals surface area contributed by atoms with E-state index >= 15 is 0 Å². The highest BCUT2D eigenvalue weighted by Gasteiger charge is 2.69. The minimum absolute atomic E-state index is 0.146. The zero-order valence-electron chi connectivity index (χ0n) is 18.5. The smallest absolute Gasteiger partial charge is 0.336 e. The summed E-state index contributed by atoms with van der Waals surface area (Å²) in [6.07, 6.45) is 9.76. The van der Waals surface area contributed by atoms with E-state index in [2.05, 4.69) is 32.0 Å². The summed E-state index contributed by atoms with van der Waals surface area (Å²) in [5.41, 5.74) is 0.958. The number of hydrogen-bond acceptors (Lipinski definition) is 5. The number of ketones is 1. The normalized spacial score (nSPS) is 32.0. The van der Waals surface area contributed by atoms with Crippen LogP contribution in [0.15, 0.2) is 36.4 Å². The second kappa shape index (κ2) is 7.38. The van der Waals surface area contributed by atoms with Crippen molar-refractivity contribution in [3.05, 3.63) is 47.6 Å². The molecule has 1 fully saturated rings. The van der Waals surface area contributed by atoms with Crippen LogP contribution in [0.25, 0.3) is 0 Å². The van der Waals surface area contributed by atoms with E-state index < -0.39 is 17.0 Å². The van der Waals surface area contributed by atoms with Gasteiger partial charge in [-0.1, -0.05) is 31.2 Å². The molecule has 4 atom stereocenters. The molecule has 0 N–H and O–H groups in total. The predicted molar refractivity (Wildman–Crippen MR) is 116 cm³/mol. The standard InChI is InChI=1S/C25H31NO4/c1-6-8-9-10-21(28)29-19-13-11-16-15-18(26(4)5)17-12-14-20(27)24(3)25(17,7-2)22(16)23(19)30-24/h6,8-11,13,17-18H,7,12,14-15H2,1-5H3/b8-6+,10-9+/t17-,18+,24-,25-/m0/s1. The number of likely N-dealkylation sites (N-methyl/N-ethyl adjacent to an activating group) is 1. The second-order valence-electron chi connectivity index (χ2n) is 9.00. The molecule has 1 heterocycles. The number of nitrogens with zero attached hydrogens (tertiary/aromatic N) is 1. The number of ether oxygens (including phenoxy) is 2. The number of carbonyl (C=O) groups excluding carboxylic acids is 2. The van der Waals surface area contributed by atoms with Crippen LogP contribution >= 0.6 is 0 Å². The Morgan fingerprint density at radius 3 is 2.77 bits per heavy atom. The van der Waals surface area contributed by atoms with Gasteiger partial charge in [-0.05, 0) is 64.8 Å². The first-order valence-corrected chi connectivity index (χ1v) is 10.9. The Labute approximate surface area is 178 Å². The number of allylic oxidation sites excluding steroid dienone is 3.